The molecule has 1 aliphatic heterocycles. The second-order valence-corrected chi connectivity index (χ2v) is 4.49. The van der Waals surface area contributed by atoms with Crippen molar-refractivity contribution in [3.8, 4) is 6.07 Å². The minimum atomic E-state index is 0.455. The third kappa shape index (κ3) is 1.71. The van der Waals surface area contributed by atoms with Crippen LogP contribution in [0.1, 0.15) is 25.3 Å². The zero-order chi connectivity index (χ0) is 11.7. The monoisotopic (exact) mass is 219 g/mol. The molecule has 5 nitrogen and oxygen atoms in total. The maximum absolute atomic E-state index is 9.09. The molecule has 2 N–H and O–H groups in total. The van der Waals surface area contributed by atoms with Gasteiger partial charge in [-0.15, -0.1) is 0 Å². The minimum Gasteiger partial charge on any atom is -0.383 e. The summed E-state index contributed by atoms with van der Waals surface area (Å²) in [5.74, 6) is 1.97. The predicted molar refractivity (Wildman–Crippen MR) is 62.9 cm³/mol. The van der Waals surface area contributed by atoms with Crippen molar-refractivity contribution in [3.63, 3.8) is 0 Å². The number of piperidine rings is 1. The van der Waals surface area contributed by atoms with Crippen molar-refractivity contribution >= 4 is 11.6 Å². The van der Waals surface area contributed by atoms with Gasteiger partial charge in [0.2, 0.25) is 0 Å². The van der Waals surface area contributed by atoms with Crippen LogP contribution in [-0.2, 0) is 7.05 Å². The highest BCUT2D eigenvalue weighted by atomic mass is 15.4. The lowest BCUT2D eigenvalue weighted by Gasteiger charge is -2.30. The molecule has 1 fully saturated rings. The molecule has 5 heteroatoms. The number of nitrogens with zero attached hydrogens (tertiary/aromatic N) is 4. The summed E-state index contributed by atoms with van der Waals surface area (Å²) in [6, 6.07) is 2.14. The standard InChI is InChI=1S/C11H17N5/c1-8-3-5-16(6-4-8)11-9(7-12)10(13)15(2)14-11/h8H,3-6,13H2,1-2H3. The van der Waals surface area contributed by atoms with Gasteiger partial charge in [0.15, 0.2) is 5.82 Å². The Bertz CT molecular complexity index is 420. The van der Waals surface area contributed by atoms with Crippen molar-refractivity contribution in [1.82, 2.24) is 9.78 Å². The summed E-state index contributed by atoms with van der Waals surface area (Å²) in [6.07, 6.45) is 2.31. The molecule has 16 heavy (non-hydrogen) atoms. The topological polar surface area (TPSA) is 70.9 Å². The van der Waals surface area contributed by atoms with Crippen LogP contribution < -0.4 is 10.6 Å². The van der Waals surface area contributed by atoms with E-state index in [-0.39, 0.29) is 0 Å². The Morgan fingerprint density at radius 2 is 2.06 bits per heavy atom. The molecule has 0 aromatic carbocycles. The fourth-order valence-corrected chi connectivity index (χ4v) is 2.07. The first kappa shape index (κ1) is 10.8. The first-order valence-electron chi connectivity index (χ1n) is 5.61. The molecule has 0 amide bonds. The molecule has 1 saturated heterocycles. The van der Waals surface area contributed by atoms with Gasteiger partial charge in [-0.1, -0.05) is 6.92 Å². The quantitative estimate of drug-likeness (QED) is 0.768. The van der Waals surface area contributed by atoms with Crippen LogP contribution in [0.25, 0.3) is 0 Å². The summed E-state index contributed by atoms with van der Waals surface area (Å²) in [5, 5.41) is 13.4. The molecule has 0 spiro atoms. The molecule has 0 bridgehead atoms. The Morgan fingerprint density at radius 3 is 2.62 bits per heavy atom. The van der Waals surface area contributed by atoms with Crippen molar-refractivity contribution in [2.45, 2.75) is 19.8 Å². The van der Waals surface area contributed by atoms with Crippen LogP contribution in [0.15, 0.2) is 0 Å². The highest BCUT2D eigenvalue weighted by Crippen LogP contribution is 2.27. The van der Waals surface area contributed by atoms with Crippen molar-refractivity contribution < 1.29 is 0 Å². The van der Waals surface area contributed by atoms with Gasteiger partial charge in [-0.05, 0) is 18.8 Å². The Morgan fingerprint density at radius 1 is 1.44 bits per heavy atom. The van der Waals surface area contributed by atoms with Crippen LogP contribution in [0.5, 0.6) is 0 Å². The largest absolute Gasteiger partial charge is 0.383 e. The molecule has 0 atom stereocenters. The Kier molecular flexibility index (Phi) is 2.73. The fraction of sp³-hybridized carbons (Fsp3) is 0.636. The summed E-state index contributed by atoms with van der Waals surface area (Å²) in [6.45, 7) is 4.19. The maximum Gasteiger partial charge on any atom is 0.170 e. The van der Waals surface area contributed by atoms with Gasteiger partial charge in [0, 0.05) is 20.1 Å². The van der Waals surface area contributed by atoms with Crippen LogP contribution in [-0.4, -0.2) is 22.9 Å². The molecular formula is C11H17N5. The maximum atomic E-state index is 9.09. The van der Waals surface area contributed by atoms with E-state index < -0.39 is 0 Å². The second-order valence-electron chi connectivity index (χ2n) is 4.49. The Balaban J connectivity index is 2.27. The fourth-order valence-electron chi connectivity index (χ4n) is 2.07. The van der Waals surface area contributed by atoms with E-state index >= 15 is 0 Å². The van der Waals surface area contributed by atoms with Gasteiger partial charge < -0.3 is 10.6 Å². The average molecular weight is 219 g/mol. The molecular weight excluding hydrogens is 202 g/mol. The van der Waals surface area contributed by atoms with Crippen LogP contribution >= 0.6 is 0 Å². The lowest BCUT2D eigenvalue weighted by molar-refractivity contribution is 0.435. The number of hydrogen-bond acceptors (Lipinski definition) is 4. The summed E-state index contributed by atoms with van der Waals surface area (Å²) in [4.78, 5) is 2.16. The van der Waals surface area contributed by atoms with Gasteiger partial charge in [-0.25, -0.2) is 4.68 Å². The molecule has 0 saturated carbocycles. The van der Waals surface area contributed by atoms with E-state index in [1.807, 2.05) is 0 Å². The van der Waals surface area contributed by atoms with Gasteiger partial charge in [0.1, 0.15) is 17.5 Å². The molecule has 2 heterocycles. The summed E-state index contributed by atoms with van der Waals surface area (Å²) >= 11 is 0. The molecule has 0 aliphatic carbocycles. The number of nitrogens with two attached hydrogens (primary N) is 1. The van der Waals surface area contributed by atoms with Gasteiger partial charge in [0.05, 0.1) is 0 Å². The lowest BCUT2D eigenvalue weighted by Crippen LogP contribution is -2.33. The van der Waals surface area contributed by atoms with E-state index in [0.29, 0.717) is 11.4 Å². The van der Waals surface area contributed by atoms with Crippen molar-refractivity contribution in [2.75, 3.05) is 23.7 Å². The molecule has 1 aromatic heterocycles. The number of anilines is 2. The van der Waals surface area contributed by atoms with Gasteiger partial charge in [0.25, 0.3) is 0 Å². The van der Waals surface area contributed by atoms with E-state index in [1.54, 1.807) is 11.7 Å². The lowest BCUT2D eigenvalue weighted by atomic mass is 9.99. The first-order valence-corrected chi connectivity index (χ1v) is 5.61. The zero-order valence-electron chi connectivity index (χ0n) is 9.77. The highest BCUT2D eigenvalue weighted by Gasteiger charge is 2.23. The van der Waals surface area contributed by atoms with E-state index in [2.05, 4.69) is 23.0 Å². The zero-order valence-corrected chi connectivity index (χ0v) is 9.77. The summed E-state index contributed by atoms with van der Waals surface area (Å²) in [7, 11) is 1.77. The van der Waals surface area contributed by atoms with Crippen LogP contribution in [0, 0.1) is 17.2 Å². The molecule has 0 radical (unpaired) electrons. The van der Waals surface area contributed by atoms with Crippen LogP contribution in [0.3, 0.4) is 0 Å². The number of rotatable bonds is 1. The average Bonchev–Trinajstić information content (AvgIpc) is 2.56. The first-order chi connectivity index (χ1) is 7.63. The summed E-state index contributed by atoms with van der Waals surface area (Å²) in [5.41, 5.74) is 6.31. The molecule has 1 aliphatic rings. The molecule has 86 valence electrons. The number of nitrogen functional groups attached to an aromatic ring is 1. The van der Waals surface area contributed by atoms with Crippen molar-refractivity contribution in [3.05, 3.63) is 5.56 Å². The number of hydrogen-bond donors (Lipinski definition) is 1. The molecule has 1 aromatic rings. The minimum absolute atomic E-state index is 0.455. The number of aromatic nitrogens is 2. The highest BCUT2D eigenvalue weighted by molar-refractivity contribution is 5.64. The van der Waals surface area contributed by atoms with E-state index in [1.165, 1.54) is 0 Å². The Labute approximate surface area is 95.4 Å². The van der Waals surface area contributed by atoms with Crippen LogP contribution in [0.2, 0.25) is 0 Å². The van der Waals surface area contributed by atoms with E-state index in [0.717, 1.165) is 37.7 Å². The van der Waals surface area contributed by atoms with E-state index in [9.17, 15) is 0 Å². The van der Waals surface area contributed by atoms with Gasteiger partial charge in [-0.2, -0.15) is 10.4 Å². The SMILES string of the molecule is CC1CCN(c2nn(C)c(N)c2C#N)CC1. The van der Waals surface area contributed by atoms with Crippen molar-refractivity contribution in [2.24, 2.45) is 13.0 Å². The smallest absolute Gasteiger partial charge is 0.170 e. The third-order valence-corrected chi connectivity index (χ3v) is 3.27. The van der Waals surface area contributed by atoms with Crippen LogP contribution in [0.4, 0.5) is 11.6 Å². The second kappa shape index (κ2) is 4.05. The predicted octanol–water partition coefficient (Wildman–Crippen LogP) is 1.11. The summed E-state index contributed by atoms with van der Waals surface area (Å²) < 4.78 is 1.58. The third-order valence-electron chi connectivity index (χ3n) is 3.27. The Hall–Kier alpha value is -1.70. The molecule has 0 unspecified atom stereocenters. The number of aryl methyl sites for hydroxylation is 1. The van der Waals surface area contributed by atoms with Gasteiger partial charge in [-0.3, -0.25) is 0 Å². The van der Waals surface area contributed by atoms with Gasteiger partial charge >= 0.3 is 0 Å². The normalized spacial score (nSPS) is 17.4. The van der Waals surface area contributed by atoms with E-state index in [4.69, 9.17) is 11.0 Å². The van der Waals surface area contributed by atoms with Crippen molar-refractivity contribution in [1.29, 1.82) is 5.26 Å². The molecule has 2 rings (SSSR count). The number of nitriles is 1.